The number of carbonyl (C=O) groups is 4. The normalized spacial score (nSPS) is 13.9. The third-order valence-electron chi connectivity index (χ3n) is 8.46. The Morgan fingerprint density at radius 1 is 0.729 bits per heavy atom. The van der Waals surface area contributed by atoms with E-state index in [0.29, 0.717) is 31.7 Å². The Morgan fingerprint density at radius 3 is 2.06 bits per heavy atom. The molecule has 48 heavy (non-hydrogen) atoms. The molecule has 0 radical (unpaired) electrons. The monoisotopic (exact) mass is 671 g/mol. The van der Waals surface area contributed by atoms with Crippen LogP contribution in [0.5, 0.6) is 0 Å². The molecule has 2 rings (SSSR count). The highest BCUT2D eigenvalue weighted by molar-refractivity contribution is 5.83. The quantitative estimate of drug-likeness (QED) is 0.0964. The summed E-state index contributed by atoms with van der Waals surface area (Å²) >= 11 is 0. The van der Waals surface area contributed by atoms with Crippen molar-refractivity contribution in [3.8, 4) is 0 Å². The molecule has 0 fully saturated rings. The van der Waals surface area contributed by atoms with Crippen LogP contribution in [0.3, 0.4) is 0 Å². The highest BCUT2D eigenvalue weighted by Gasteiger charge is 2.22. The lowest BCUT2D eigenvalue weighted by Gasteiger charge is -2.25. The molecule has 13 heteroatoms. The Labute approximate surface area is 286 Å². The van der Waals surface area contributed by atoms with Crippen LogP contribution in [0.4, 0.5) is 14.4 Å². The molecule has 0 saturated carbocycles. The van der Waals surface area contributed by atoms with Gasteiger partial charge in [-0.25, -0.2) is 14.4 Å². The van der Waals surface area contributed by atoms with Gasteiger partial charge in [0.25, 0.3) is 0 Å². The molecular weight excluding hydrogens is 610 g/mol. The maximum atomic E-state index is 13.1. The van der Waals surface area contributed by atoms with Gasteiger partial charge in [0.05, 0.1) is 0 Å². The zero-order chi connectivity index (χ0) is 35.6. The zero-order valence-corrected chi connectivity index (χ0v) is 30.0. The summed E-state index contributed by atoms with van der Waals surface area (Å²) in [6, 6.07) is 6.23. The molecule has 0 aliphatic rings. The molecule has 13 nitrogen and oxygen atoms in total. The first-order chi connectivity index (χ1) is 22.8. The van der Waals surface area contributed by atoms with Gasteiger partial charge in [0.2, 0.25) is 5.91 Å². The number of rotatable bonds is 20. The minimum absolute atomic E-state index is 0.0194. The molecule has 4 atom stereocenters. The van der Waals surface area contributed by atoms with Crippen LogP contribution in [0.2, 0.25) is 0 Å². The minimum atomic E-state index is -0.371. The third kappa shape index (κ3) is 15.3. The van der Waals surface area contributed by atoms with E-state index in [4.69, 9.17) is 5.73 Å². The van der Waals surface area contributed by atoms with E-state index in [-0.39, 0.29) is 79.6 Å². The van der Waals surface area contributed by atoms with Crippen LogP contribution in [0.1, 0.15) is 86.1 Å². The molecule has 7 amide bonds. The van der Waals surface area contributed by atoms with E-state index in [9.17, 15) is 19.2 Å². The van der Waals surface area contributed by atoms with Crippen molar-refractivity contribution in [3.05, 3.63) is 36.0 Å². The lowest BCUT2D eigenvalue weighted by molar-refractivity contribution is -0.122. The van der Waals surface area contributed by atoms with E-state index in [2.05, 4.69) is 42.2 Å². The fraction of sp³-hybridized carbons (Fsp3) is 0.657. The van der Waals surface area contributed by atoms with Crippen LogP contribution in [0.15, 0.2) is 30.5 Å². The minimum Gasteiger partial charge on any atom is -0.361 e. The van der Waals surface area contributed by atoms with Crippen LogP contribution in [0, 0.1) is 11.8 Å². The van der Waals surface area contributed by atoms with Crippen molar-refractivity contribution in [1.82, 2.24) is 42.2 Å². The summed E-state index contributed by atoms with van der Waals surface area (Å²) in [7, 11) is 0. The average Bonchev–Trinajstić information content (AvgIpc) is 3.42. The van der Waals surface area contributed by atoms with E-state index in [1.54, 1.807) is 0 Å². The number of nitrogens with two attached hydrogens (primary N) is 1. The summed E-state index contributed by atoms with van der Waals surface area (Å²) in [6.07, 6.45) is 5.46. The number of hydrogen-bond donors (Lipinski definition) is 9. The highest BCUT2D eigenvalue weighted by Crippen LogP contribution is 2.20. The van der Waals surface area contributed by atoms with Crippen molar-refractivity contribution >= 4 is 34.9 Å². The molecule has 0 aliphatic carbocycles. The molecular formula is C35H61N9O4. The molecule has 270 valence electrons. The molecule has 1 heterocycles. The SMILES string of the molecule is CC(C)NC(=O)N[C@H](CCC(=O)N[C@H](CNC(=O)N[C@@H](CCCCN)CNC(=O)N[C@H](C)C(C)C)C(C)C)Cc1c[nH]c2ccccc12. The molecule has 1 aromatic heterocycles. The van der Waals surface area contributed by atoms with E-state index >= 15 is 0 Å². The lowest BCUT2D eigenvalue weighted by Crippen LogP contribution is -2.53. The van der Waals surface area contributed by atoms with Crippen LogP contribution in [0.25, 0.3) is 10.9 Å². The number of benzene rings is 1. The van der Waals surface area contributed by atoms with Gasteiger partial charge in [-0.15, -0.1) is 0 Å². The fourth-order valence-electron chi connectivity index (χ4n) is 5.16. The van der Waals surface area contributed by atoms with Crippen LogP contribution in [-0.2, 0) is 11.2 Å². The summed E-state index contributed by atoms with van der Waals surface area (Å²) in [5.41, 5.74) is 7.75. The number of nitrogens with one attached hydrogen (secondary N) is 8. The van der Waals surface area contributed by atoms with Gasteiger partial charge in [-0.05, 0) is 76.5 Å². The molecule has 2 aromatic rings. The van der Waals surface area contributed by atoms with Gasteiger partial charge in [-0.3, -0.25) is 4.79 Å². The maximum absolute atomic E-state index is 13.1. The van der Waals surface area contributed by atoms with Gasteiger partial charge in [-0.2, -0.15) is 0 Å². The van der Waals surface area contributed by atoms with E-state index in [1.807, 2.05) is 78.9 Å². The van der Waals surface area contributed by atoms with E-state index < -0.39 is 0 Å². The number of unbranched alkanes of at least 4 members (excludes halogenated alkanes) is 1. The number of H-pyrrole nitrogens is 1. The standard InChI is InChI=1S/C35H61N9O4/c1-22(2)25(7)41-33(46)38-20-28(12-10-11-17-36)43-34(47)39-21-31(23(3)4)44-32(45)16-15-27(42-35(48)40-24(5)6)18-26-19-37-30-14-9-8-13-29(26)30/h8-9,13-14,19,22-25,27-28,31,37H,10-12,15-18,20-21,36H2,1-7H3,(H,44,45)(H2,38,41,46)(H2,39,43,47)(H2,40,42,48)/t25-,27-,28+,31-/m1/s1. The van der Waals surface area contributed by atoms with Gasteiger partial charge < -0.3 is 47.9 Å². The van der Waals surface area contributed by atoms with Crippen molar-refractivity contribution in [2.24, 2.45) is 17.6 Å². The van der Waals surface area contributed by atoms with Crippen molar-refractivity contribution in [2.75, 3.05) is 19.6 Å². The van der Waals surface area contributed by atoms with Crippen LogP contribution >= 0.6 is 0 Å². The smallest absolute Gasteiger partial charge is 0.315 e. The Bertz CT molecular complexity index is 1280. The molecule has 0 saturated heterocycles. The van der Waals surface area contributed by atoms with Gasteiger partial charge in [-0.1, -0.05) is 52.3 Å². The molecule has 0 spiro atoms. The Balaban J connectivity index is 1.94. The van der Waals surface area contributed by atoms with E-state index in [1.165, 1.54) is 0 Å². The number of carbonyl (C=O) groups excluding carboxylic acids is 4. The largest absolute Gasteiger partial charge is 0.361 e. The van der Waals surface area contributed by atoms with Crippen molar-refractivity contribution in [1.29, 1.82) is 0 Å². The second-order valence-corrected chi connectivity index (χ2v) is 13.7. The van der Waals surface area contributed by atoms with Crippen molar-refractivity contribution in [2.45, 2.75) is 117 Å². The summed E-state index contributed by atoms with van der Waals surface area (Å²) in [5, 5.41) is 21.7. The second kappa shape index (κ2) is 21.1. The second-order valence-electron chi connectivity index (χ2n) is 13.7. The number of fused-ring (bicyclic) bond motifs is 1. The Morgan fingerprint density at radius 2 is 1.40 bits per heavy atom. The number of aromatic nitrogens is 1. The molecule has 1 aromatic carbocycles. The highest BCUT2D eigenvalue weighted by atomic mass is 16.2. The molecule has 0 unspecified atom stereocenters. The first-order valence-corrected chi connectivity index (χ1v) is 17.5. The Hall–Kier alpha value is -4.00. The third-order valence-corrected chi connectivity index (χ3v) is 8.46. The lowest BCUT2D eigenvalue weighted by atomic mass is 10.00. The van der Waals surface area contributed by atoms with Crippen LogP contribution in [-0.4, -0.2) is 78.8 Å². The Kier molecular flexibility index (Phi) is 17.6. The predicted octanol–water partition coefficient (Wildman–Crippen LogP) is 3.85. The summed E-state index contributed by atoms with van der Waals surface area (Å²) in [4.78, 5) is 54.3. The van der Waals surface area contributed by atoms with Gasteiger partial charge >= 0.3 is 18.1 Å². The zero-order valence-electron chi connectivity index (χ0n) is 30.0. The maximum Gasteiger partial charge on any atom is 0.315 e. The average molecular weight is 672 g/mol. The van der Waals surface area contributed by atoms with E-state index in [0.717, 1.165) is 29.3 Å². The molecule has 0 aliphatic heterocycles. The topological polar surface area (TPSA) is 194 Å². The summed E-state index contributed by atoms with van der Waals surface area (Å²) in [5.74, 6) is 0.199. The van der Waals surface area contributed by atoms with Crippen molar-refractivity contribution in [3.63, 3.8) is 0 Å². The number of aromatic amines is 1. The van der Waals surface area contributed by atoms with Crippen LogP contribution < -0.4 is 43.0 Å². The first kappa shape index (κ1) is 40.2. The number of urea groups is 3. The number of amides is 7. The van der Waals surface area contributed by atoms with Gasteiger partial charge in [0.1, 0.15) is 0 Å². The van der Waals surface area contributed by atoms with Gasteiger partial charge in [0, 0.05) is 66.8 Å². The predicted molar refractivity (Wildman–Crippen MR) is 193 cm³/mol. The van der Waals surface area contributed by atoms with Gasteiger partial charge in [0.15, 0.2) is 0 Å². The van der Waals surface area contributed by atoms with Crippen molar-refractivity contribution < 1.29 is 19.2 Å². The summed E-state index contributed by atoms with van der Waals surface area (Å²) in [6.45, 7) is 14.9. The fourth-order valence-corrected chi connectivity index (χ4v) is 5.16. The number of hydrogen-bond acceptors (Lipinski definition) is 5. The summed E-state index contributed by atoms with van der Waals surface area (Å²) < 4.78 is 0. The first-order valence-electron chi connectivity index (χ1n) is 17.5. The molecule has 0 bridgehead atoms. The number of para-hydroxylation sites is 1. The molecule has 10 N–H and O–H groups in total.